The zero-order valence-corrected chi connectivity index (χ0v) is 12.5. The average Bonchev–Trinajstić information content (AvgIpc) is 2.45. The van der Waals surface area contributed by atoms with Gasteiger partial charge in [0.1, 0.15) is 0 Å². The summed E-state index contributed by atoms with van der Waals surface area (Å²) in [6.07, 6.45) is 6.76. The Hall–Kier alpha value is -0.160. The number of ether oxygens (including phenoxy) is 2. The molecule has 112 valence electrons. The molecule has 0 saturated carbocycles. The van der Waals surface area contributed by atoms with Gasteiger partial charge in [0.25, 0.3) is 0 Å². The van der Waals surface area contributed by atoms with Crippen molar-refractivity contribution in [2.75, 3.05) is 19.8 Å². The first-order chi connectivity index (χ1) is 9.19. The Labute approximate surface area is 117 Å². The summed E-state index contributed by atoms with van der Waals surface area (Å²) in [4.78, 5) is 0. The Morgan fingerprint density at radius 2 is 2.05 bits per heavy atom. The van der Waals surface area contributed by atoms with Crippen LogP contribution in [-0.2, 0) is 9.47 Å². The summed E-state index contributed by atoms with van der Waals surface area (Å²) in [6, 6.07) is 0.429. The summed E-state index contributed by atoms with van der Waals surface area (Å²) < 4.78 is 11.6. The molecule has 4 nitrogen and oxygen atoms in total. The highest BCUT2D eigenvalue weighted by Crippen LogP contribution is 2.39. The van der Waals surface area contributed by atoms with Gasteiger partial charge in [0.2, 0.25) is 0 Å². The molecule has 1 spiro atoms. The summed E-state index contributed by atoms with van der Waals surface area (Å²) in [5.41, 5.74) is 3.15. The van der Waals surface area contributed by atoms with Crippen molar-refractivity contribution in [1.82, 2.24) is 5.43 Å². The van der Waals surface area contributed by atoms with E-state index in [0.717, 1.165) is 51.4 Å². The van der Waals surface area contributed by atoms with Crippen LogP contribution in [0.1, 0.15) is 52.4 Å². The number of hydrogen-bond acceptors (Lipinski definition) is 4. The van der Waals surface area contributed by atoms with Crippen LogP contribution in [0.15, 0.2) is 0 Å². The van der Waals surface area contributed by atoms with Gasteiger partial charge in [-0.1, -0.05) is 20.3 Å². The summed E-state index contributed by atoms with van der Waals surface area (Å²) in [6.45, 7) is 7.14. The van der Waals surface area contributed by atoms with E-state index in [9.17, 15) is 0 Å². The smallest absolute Gasteiger partial charge is 0.0729 e. The van der Waals surface area contributed by atoms with Gasteiger partial charge in [-0.2, -0.15) is 0 Å². The Bertz CT molecular complexity index is 261. The Morgan fingerprint density at radius 1 is 1.32 bits per heavy atom. The lowest BCUT2D eigenvalue weighted by Gasteiger charge is -2.45. The Kier molecular flexibility index (Phi) is 5.63. The molecule has 0 aromatic rings. The minimum atomic E-state index is 0.0751. The molecular formula is C15H30N2O2. The minimum Gasteiger partial charge on any atom is -0.381 e. The van der Waals surface area contributed by atoms with Gasteiger partial charge in [-0.15, -0.1) is 0 Å². The molecule has 2 fully saturated rings. The van der Waals surface area contributed by atoms with Crippen molar-refractivity contribution >= 4 is 0 Å². The molecule has 0 amide bonds. The van der Waals surface area contributed by atoms with E-state index in [-0.39, 0.29) is 5.60 Å². The molecule has 2 rings (SSSR count). The van der Waals surface area contributed by atoms with Crippen molar-refractivity contribution in [2.45, 2.75) is 64.0 Å². The number of rotatable bonds is 5. The lowest BCUT2D eigenvalue weighted by Crippen LogP contribution is -2.51. The number of nitrogens with two attached hydrogens (primary N) is 1. The van der Waals surface area contributed by atoms with Gasteiger partial charge in [0, 0.05) is 25.9 Å². The van der Waals surface area contributed by atoms with Crippen LogP contribution in [0.5, 0.6) is 0 Å². The number of hydrogen-bond donors (Lipinski definition) is 2. The molecule has 0 radical (unpaired) electrons. The summed E-state index contributed by atoms with van der Waals surface area (Å²) in [5, 5.41) is 0. The van der Waals surface area contributed by atoms with Gasteiger partial charge < -0.3 is 9.47 Å². The van der Waals surface area contributed by atoms with Gasteiger partial charge in [0.05, 0.1) is 5.60 Å². The predicted molar refractivity (Wildman–Crippen MR) is 76.6 cm³/mol. The van der Waals surface area contributed by atoms with E-state index in [1.54, 1.807) is 0 Å². The van der Waals surface area contributed by atoms with Crippen LogP contribution in [0, 0.1) is 11.8 Å². The van der Waals surface area contributed by atoms with Crippen molar-refractivity contribution in [3.05, 3.63) is 0 Å². The largest absolute Gasteiger partial charge is 0.381 e. The van der Waals surface area contributed by atoms with Crippen LogP contribution in [0.25, 0.3) is 0 Å². The van der Waals surface area contributed by atoms with Crippen molar-refractivity contribution in [1.29, 1.82) is 0 Å². The van der Waals surface area contributed by atoms with Crippen LogP contribution in [0.4, 0.5) is 0 Å². The first-order valence-corrected chi connectivity index (χ1v) is 7.87. The van der Waals surface area contributed by atoms with E-state index < -0.39 is 0 Å². The maximum atomic E-state index is 6.11. The molecule has 2 aliphatic rings. The van der Waals surface area contributed by atoms with Crippen LogP contribution in [0.2, 0.25) is 0 Å². The van der Waals surface area contributed by atoms with E-state index in [0.29, 0.717) is 12.0 Å². The van der Waals surface area contributed by atoms with Crippen molar-refractivity contribution in [3.8, 4) is 0 Å². The fourth-order valence-electron chi connectivity index (χ4n) is 3.50. The summed E-state index contributed by atoms with van der Waals surface area (Å²) >= 11 is 0. The third kappa shape index (κ3) is 3.91. The normalized spacial score (nSPS) is 30.2. The Morgan fingerprint density at radius 3 is 2.68 bits per heavy atom. The second kappa shape index (κ2) is 7.02. The van der Waals surface area contributed by atoms with E-state index >= 15 is 0 Å². The standard InChI is InChI=1S/C15H30N2O2/c1-3-12(2)10-14(17-16)13-4-7-19-15(11-13)5-8-18-9-6-15/h12-14,17H,3-11,16H2,1-2H3. The third-order valence-corrected chi connectivity index (χ3v) is 5.07. The Balaban J connectivity index is 1.94. The molecule has 0 aliphatic carbocycles. The maximum Gasteiger partial charge on any atom is 0.0729 e. The number of nitrogens with one attached hydrogen (secondary N) is 1. The topological polar surface area (TPSA) is 56.5 Å². The quantitative estimate of drug-likeness (QED) is 0.594. The van der Waals surface area contributed by atoms with Gasteiger partial charge in [0.15, 0.2) is 0 Å². The molecule has 2 aliphatic heterocycles. The highest BCUT2D eigenvalue weighted by molar-refractivity contribution is 4.92. The van der Waals surface area contributed by atoms with Crippen LogP contribution in [0.3, 0.4) is 0 Å². The number of hydrazine groups is 1. The second-order valence-electron chi connectivity index (χ2n) is 6.42. The highest BCUT2D eigenvalue weighted by Gasteiger charge is 2.41. The monoisotopic (exact) mass is 270 g/mol. The van der Waals surface area contributed by atoms with E-state index in [4.69, 9.17) is 15.3 Å². The zero-order valence-electron chi connectivity index (χ0n) is 12.5. The van der Waals surface area contributed by atoms with E-state index in [1.165, 1.54) is 12.8 Å². The van der Waals surface area contributed by atoms with Crippen LogP contribution in [-0.4, -0.2) is 31.5 Å². The van der Waals surface area contributed by atoms with Crippen LogP contribution >= 0.6 is 0 Å². The molecule has 0 aromatic carbocycles. The zero-order chi connectivity index (χ0) is 13.7. The van der Waals surface area contributed by atoms with Gasteiger partial charge >= 0.3 is 0 Å². The second-order valence-corrected chi connectivity index (χ2v) is 6.42. The van der Waals surface area contributed by atoms with E-state index in [1.807, 2.05) is 0 Å². The first kappa shape index (κ1) is 15.2. The molecule has 3 atom stereocenters. The molecule has 0 aromatic heterocycles. The molecule has 3 N–H and O–H groups in total. The van der Waals surface area contributed by atoms with Gasteiger partial charge in [-0.3, -0.25) is 11.3 Å². The molecule has 2 saturated heterocycles. The SMILES string of the molecule is CCC(C)CC(NN)C1CCOC2(CCOCC2)C1. The predicted octanol–water partition coefficient (Wildman–Crippen LogP) is 2.23. The molecule has 4 heteroatoms. The molecular weight excluding hydrogens is 240 g/mol. The summed E-state index contributed by atoms with van der Waals surface area (Å²) in [5.74, 6) is 7.18. The first-order valence-electron chi connectivity index (χ1n) is 7.87. The average molecular weight is 270 g/mol. The maximum absolute atomic E-state index is 6.11. The van der Waals surface area contributed by atoms with E-state index in [2.05, 4.69) is 19.3 Å². The fourth-order valence-corrected chi connectivity index (χ4v) is 3.50. The minimum absolute atomic E-state index is 0.0751. The molecule has 2 heterocycles. The van der Waals surface area contributed by atoms with Crippen molar-refractivity contribution in [3.63, 3.8) is 0 Å². The third-order valence-electron chi connectivity index (χ3n) is 5.07. The molecule has 3 unspecified atom stereocenters. The van der Waals surface area contributed by atoms with Crippen LogP contribution < -0.4 is 11.3 Å². The fraction of sp³-hybridized carbons (Fsp3) is 1.00. The summed E-state index contributed by atoms with van der Waals surface area (Å²) in [7, 11) is 0. The van der Waals surface area contributed by atoms with Crippen molar-refractivity contribution in [2.24, 2.45) is 17.7 Å². The lowest BCUT2D eigenvalue weighted by atomic mass is 9.76. The molecule has 19 heavy (non-hydrogen) atoms. The van der Waals surface area contributed by atoms with Gasteiger partial charge in [-0.25, -0.2) is 0 Å². The van der Waals surface area contributed by atoms with Crippen molar-refractivity contribution < 1.29 is 9.47 Å². The highest BCUT2D eigenvalue weighted by atomic mass is 16.5. The van der Waals surface area contributed by atoms with Gasteiger partial charge in [-0.05, 0) is 43.9 Å². The molecule has 0 bridgehead atoms. The lowest BCUT2D eigenvalue weighted by molar-refractivity contribution is -0.150.